The van der Waals surface area contributed by atoms with Crippen molar-refractivity contribution < 1.29 is 4.42 Å². The highest BCUT2D eigenvalue weighted by atomic mass is 16.3. The van der Waals surface area contributed by atoms with Crippen molar-refractivity contribution in [3.8, 4) is 39.4 Å². The predicted molar refractivity (Wildman–Crippen MR) is 237 cm³/mol. The van der Waals surface area contributed by atoms with Crippen molar-refractivity contribution >= 4 is 60.7 Å². The minimum atomic E-state index is 0.625. The Labute approximate surface area is 330 Å². The van der Waals surface area contributed by atoms with Crippen molar-refractivity contribution in [3.63, 3.8) is 0 Å². The first-order valence-corrected chi connectivity index (χ1v) is 19.3. The van der Waals surface area contributed by atoms with Gasteiger partial charge in [-0.25, -0.2) is 4.98 Å². The zero-order valence-corrected chi connectivity index (χ0v) is 31.0. The van der Waals surface area contributed by atoms with E-state index in [4.69, 9.17) is 9.40 Å². The van der Waals surface area contributed by atoms with Crippen LogP contribution in [0.2, 0.25) is 0 Å². The number of nitrogens with zero attached hydrogens (tertiary/aromatic N) is 3. The summed E-state index contributed by atoms with van der Waals surface area (Å²) in [6, 6.07) is 75.3. The zero-order valence-electron chi connectivity index (χ0n) is 31.0. The minimum absolute atomic E-state index is 0.625. The Kier molecular flexibility index (Phi) is 7.78. The lowest BCUT2D eigenvalue weighted by molar-refractivity contribution is 0.623. The normalized spacial score (nSPS) is 11.5. The number of oxazole rings is 1. The molecule has 0 aliphatic carbocycles. The molecule has 4 nitrogen and oxygen atoms in total. The second-order valence-corrected chi connectivity index (χ2v) is 14.4. The van der Waals surface area contributed by atoms with Crippen LogP contribution in [0.5, 0.6) is 0 Å². The van der Waals surface area contributed by atoms with Gasteiger partial charge in [0.1, 0.15) is 5.52 Å². The summed E-state index contributed by atoms with van der Waals surface area (Å²) in [5.74, 6) is 0.625. The van der Waals surface area contributed by atoms with Crippen molar-refractivity contribution in [1.82, 2.24) is 9.55 Å². The number of hydrogen-bond acceptors (Lipinski definition) is 3. The molecule has 0 amide bonds. The number of fused-ring (bicyclic) bond motifs is 6. The van der Waals surface area contributed by atoms with Crippen LogP contribution in [0.15, 0.2) is 217 Å². The van der Waals surface area contributed by atoms with E-state index in [0.29, 0.717) is 5.89 Å². The van der Waals surface area contributed by atoms with Crippen LogP contribution in [0, 0.1) is 0 Å². The molecule has 0 spiro atoms. The van der Waals surface area contributed by atoms with Crippen molar-refractivity contribution in [3.05, 3.63) is 212 Å². The first kappa shape index (κ1) is 32.7. The quantitative estimate of drug-likeness (QED) is 0.164. The minimum Gasteiger partial charge on any atom is -0.435 e. The average Bonchev–Trinajstić information content (AvgIpc) is 3.87. The first-order valence-electron chi connectivity index (χ1n) is 19.3. The highest BCUT2D eigenvalue weighted by molar-refractivity contribution is 6.12. The fourth-order valence-corrected chi connectivity index (χ4v) is 8.34. The zero-order chi connectivity index (χ0) is 37.7. The Morgan fingerprint density at radius 3 is 1.75 bits per heavy atom. The van der Waals surface area contributed by atoms with Crippen LogP contribution in [0.25, 0.3) is 83.1 Å². The van der Waals surface area contributed by atoms with Crippen LogP contribution in [-0.4, -0.2) is 9.55 Å². The lowest BCUT2D eigenvalue weighted by Crippen LogP contribution is -2.10. The molecule has 0 atom stereocenters. The molecule has 57 heavy (non-hydrogen) atoms. The SMILES string of the molecule is c1ccc(-c2cccc(N(c3ccc(-c4cc5nc(-c6ccccc6)oc5c5ccccc45)cc3)c3ccc4c(c3)c3ccccc3n4-c3ccccc3)c2)cc1. The molecule has 0 N–H and O–H groups in total. The van der Waals surface area contributed by atoms with Crippen LogP contribution in [-0.2, 0) is 0 Å². The molecular weight excluding hydrogens is 695 g/mol. The largest absolute Gasteiger partial charge is 0.435 e. The van der Waals surface area contributed by atoms with Crippen molar-refractivity contribution in [2.24, 2.45) is 0 Å². The average molecular weight is 730 g/mol. The highest BCUT2D eigenvalue weighted by Crippen LogP contribution is 2.42. The van der Waals surface area contributed by atoms with Gasteiger partial charge in [0.25, 0.3) is 0 Å². The van der Waals surface area contributed by atoms with Gasteiger partial charge in [0.2, 0.25) is 5.89 Å². The maximum absolute atomic E-state index is 6.41. The number of rotatable bonds is 7. The lowest BCUT2D eigenvalue weighted by atomic mass is 9.97. The second-order valence-electron chi connectivity index (χ2n) is 14.4. The summed E-state index contributed by atoms with van der Waals surface area (Å²) in [5, 5.41) is 4.60. The van der Waals surface area contributed by atoms with Crippen LogP contribution in [0.4, 0.5) is 17.1 Å². The molecule has 0 aliphatic rings. The summed E-state index contributed by atoms with van der Waals surface area (Å²) in [4.78, 5) is 7.34. The highest BCUT2D eigenvalue weighted by Gasteiger charge is 2.19. The molecule has 0 saturated heterocycles. The van der Waals surface area contributed by atoms with Gasteiger partial charge in [0, 0.05) is 44.5 Å². The predicted octanol–water partition coefficient (Wildman–Crippen LogP) is 14.5. The number of aromatic nitrogens is 2. The molecule has 9 aromatic carbocycles. The monoisotopic (exact) mass is 729 g/mol. The summed E-state index contributed by atoms with van der Waals surface area (Å²) in [7, 11) is 0. The van der Waals surface area contributed by atoms with Gasteiger partial charge >= 0.3 is 0 Å². The van der Waals surface area contributed by atoms with E-state index in [2.05, 4.69) is 191 Å². The van der Waals surface area contributed by atoms with E-state index < -0.39 is 0 Å². The number of hydrogen-bond donors (Lipinski definition) is 0. The molecule has 0 aliphatic heterocycles. The Morgan fingerprint density at radius 2 is 0.982 bits per heavy atom. The Morgan fingerprint density at radius 1 is 0.386 bits per heavy atom. The van der Waals surface area contributed by atoms with Crippen LogP contribution < -0.4 is 4.90 Å². The molecule has 0 bridgehead atoms. The fraction of sp³-hybridized carbons (Fsp3) is 0. The summed E-state index contributed by atoms with van der Waals surface area (Å²) >= 11 is 0. The van der Waals surface area contributed by atoms with Gasteiger partial charge < -0.3 is 13.9 Å². The van der Waals surface area contributed by atoms with E-state index in [9.17, 15) is 0 Å². The standard InChI is InChI=1S/C53H35N3O/c1-4-15-36(16-5-1)39-19-14-22-42(33-39)55(43-31-32-51-48(34-43)45-24-12-13-26-50(45)56(51)40-20-8-3-9-21-40)41-29-27-37(28-30-41)47-35-49-52(46-25-11-10-23-44(46)47)57-53(54-49)38-17-6-2-7-18-38/h1-35H. The van der Waals surface area contributed by atoms with Gasteiger partial charge in [0.15, 0.2) is 5.58 Å². The van der Waals surface area contributed by atoms with Gasteiger partial charge in [0.05, 0.1) is 11.0 Å². The van der Waals surface area contributed by atoms with E-state index in [1.54, 1.807) is 0 Å². The molecule has 2 heterocycles. The van der Waals surface area contributed by atoms with Crippen molar-refractivity contribution in [2.45, 2.75) is 0 Å². The van der Waals surface area contributed by atoms with E-state index >= 15 is 0 Å². The summed E-state index contributed by atoms with van der Waals surface area (Å²) in [6.45, 7) is 0. The van der Waals surface area contributed by atoms with E-state index in [1.807, 2.05) is 30.3 Å². The third-order valence-corrected chi connectivity index (χ3v) is 11.0. The van der Waals surface area contributed by atoms with Crippen LogP contribution in [0.3, 0.4) is 0 Å². The molecule has 2 aromatic heterocycles. The summed E-state index contributed by atoms with van der Waals surface area (Å²) in [6.07, 6.45) is 0. The molecular formula is C53H35N3O. The van der Waals surface area contributed by atoms with E-state index in [1.165, 1.54) is 32.9 Å². The van der Waals surface area contributed by atoms with Gasteiger partial charge in [-0.2, -0.15) is 0 Å². The third kappa shape index (κ3) is 5.66. The van der Waals surface area contributed by atoms with E-state index in [-0.39, 0.29) is 0 Å². The molecule has 4 heteroatoms. The van der Waals surface area contributed by atoms with Crippen LogP contribution in [0.1, 0.15) is 0 Å². The smallest absolute Gasteiger partial charge is 0.227 e. The van der Waals surface area contributed by atoms with E-state index in [0.717, 1.165) is 61.3 Å². The Bertz CT molecular complexity index is 3220. The topological polar surface area (TPSA) is 34.2 Å². The fourth-order valence-electron chi connectivity index (χ4n) is 8.34. The van der Waals surface area contributed by atoms with Gasteiger partial charge in [-0.05, 0) is 107 Å². The van der Waals surface area contributed by atoms with Gasteiger partial charge in [-0.15, -0.1) is 0 Å². The lowest BCUT2D eigenvalue weighted by Gasteiger charge is -2.26. The second kappa shape index (κ2) is 13.6. The van der Waals surface area contributed by atoms with Crippen LogP contribution >= 0.6 is 0 Å². The summed E-state index contributed by atoms with van der Waals surface area (Å²) < 4.78 is 8.78. The molecule has 0 saturated carbocycles. The summed E-state index contributed by atoms with van der Waals surface area (Å²) in [5.41, 5.74) is 13.9. The maximum atomic E-state index is 6.41. The molecule has 0 unspecified atom stereocenters. The molecule has 11 aromatic rings. The van der Waals surface area contributed by atoms with Gasteiger partial charge in [-0.3, -0.25) is 0 Å². The molecule has 268 valence electrons. The number of anilines is 3. The van der Waals surface area contributed by atoms with Crippen molar-refractivity contribution in [1.29, 1.82) is 0 Å². The molecule has 0 fully saturated rings. The Hall–Kier alpha value is -7.69. The van der Waals surface area contributed by atoms with Gasteiger partial charge in [-0.1, -0.05) is 133 Å². The molecule has 0 radical (unpaired) electrons. The number of benzene rings is 9. The van der Waals surface area contributed by atoms with Crippen molar-refractivity contribution in [2.75, 3.05) is 4.90 Å². The number of para-hydroxylation sites is 2. The Balaban J connectivity index is 1.07. The maximum Gasteiger partial charge on any atom is 0.227 e. The first-order chi connectivity index (χ1) is 28.3. The third-order valence-electron chi connectivity index (χ3n) is 11.0. The molecule has 11 rings (SSSR count).